The fourth-order valence-electron chi connectivity index (χ4n) is 8.28. The third-order valence-corrected chi connectivity index (χ3v) is 9.58. The highest BCUT2D eigenvalue weighted by atomic mass is 19.1. The normalized spacial score (nSPS) is 53.7. The van der Waals surface area contributed by atoms with Gasteiger partial charge < -0.3 is 19.7 Å². The zero-order valence-corrected chi connectivity index (χ0v) is 19.0. The number of hydrogen-bond donors (Lipinski definition) is 2. The summed E-state index contributed by atoms with van der Waals surface area (Å²) in [5.41, 5.74) is -5.90. The molecule has 4 aliphatic carbocycles. The van der Waals surface area contributed by atoms with Crippen LogP contribution >= 0.6 is 0 Å². The van der Waals surface area contributed by atoms with E-state index in [1.807, 2.05) is 0 Å². The topological polar surface area (TPSA) is 93.1 Å². The fraction of sp³-hybridized carbons (Fsp3) is 0.833. The standard InChI is InChI=1S/C24H32F2O6/c1-20(2)31-19-9-13-14-8-16(25)15-7-12(28)5-6-21(15,3)23(14,26)17(29)10-22(13,4)24(19,32-20)18(30)11-27/h7,13-14,16-17,19,27,29H,5-6,8-11H2,1-4H3/t13?,14?,16-,17?,19+,21?,22?,23-,24+/m0/s1. The molecule has 1 heterocycles. The minimum absolute atomic E-state index is 0.0832. The maximum absolute atomic E-state index is 17.2. The molecule has 0 radical (unpaired) electrons. The number of carbonyl (C=O) groups is 2. The van der Waals surface area contributed by atoms with Gasteiger partial charge in [0.25, 0.3) is 0 Å². The molecule has 5 aliphatic rings. The van der Waals surface area contributed by atoms with Crippen LogP contribution in [0.15, 0.2) is 11.6 Å². The fourth-order valence-corrected chi connectivity index (χ4v) is 8.28. The molecule has 5 unspecified atom stereocenters. The molecule has 5 rings (SSSR count). The lowest BCUT2D eigenvalue weighted by atomic mass is 9.43. The van der Waals surface area contributed by atoms with Crippen molar-refractivity contribution >= 4 is 11.6 Å². The van der Waals surface area contributed by atoms with E-state index in [4.69, 9.17) is 9.47 Å². The molecule has 0 bridgehead atoms. The van der Waals surface area contributed by atoms with Gasteiger partial charge in [0.2, 0.25) is 0 Å². The largest absolute Gasteiger partial charge is 0.390 e. The molecule has 1 saturated heterocycles. The Morgan fingerprint density at radius 1 is 1.22 bits per heavy atom. The van der Waals surface area contributed by atoms with Gasteiger partial charge in [0.1, 0.15) is 18.4 Å². The van der Waals surface area contributed by atoms with Gasteiger partial charge in [0.05, 0.1) is 12.2 Å². The summed E-state index contributed by atoms with van der Waals surface area (Å²) in [5.74, 6) is -3.24. The third kappa shape index (κ3) is 2.37. The smallest absolute Gasteiger partial charge is 0.193 e. The van der Waals surface area contributed by atoms with Crippen LogP contribution in [0.2, 0.25) is 0 Å². The number of carbonyl (C=O) groups excluding carboxylic acids is 2. The second kappa shape index (κ2) is 6.46. The van der Waals surface area contributed by atoms with Crippen molar-refractivity contribution < 1.29 is 38.1 Å². The summed E-state index contributed by atoms with van der Waals surface area (Å²) in [6.45, 7) is 6.01. The van der Waals surface area contributed by atoms with E-state index in [2.05, 4.69) is 0 Å². The van der Waals surface area contributed by atoms with Crippen molar-refractivity contribution in [1.29, 1.82) is 0 Å². The molecule has 178 valence electrons. The van der Waals surface area contributed by atoms with E-state index < -0.39 is 70.5 Å². The van der Waals surface area contributed by atoms with Gasteiger partial charge in [-0.25, -0.2) is 8.78 Å². The zero-order chi connectivity index (χ0) is 23.5. The van der Waals surface area contributed by atoms with E-state index in [0.717, 1.165) is 0 Å². The van der Waals surface area contributed by atoms with Gasteiger partial charge in [0, 0.05) is 23.2 Å². The molecule has 0 amide bonds. The molecule has 4 fully saturated rings. The number of Topliss-reactive ketones (excluding diaryl/α,β-unsaturated/α-hetero) is 1. The first-order valence-corrected chi connectivity index (χ1v) is 11.5. The van der Waals surface area contributed by atoms with E-state index in [0.29, 0.717) is 0 Å². The van der Waals surface area contributed by atoms with Crippen molar-refractivity contribution in [3.63, 3.8) is 0 Å². The molecule has 6 nitrogen and oxygen atoms in total. The number of alkyl halides is 2. The minimum atomic E-state index is -2.15. The maximum Gasteiger partial charge on any atom is 0.193 e. The Hall–Kier alpha value is -1.22. The lowest BCUT2D eigenvalue weighted by Gasteiger charge is -2.64. The number of rotatable bonds is 2. The molecule has 8 heteroatoms. The molecule has 9 atom stereocenters. The average Bonchev–Trinajstić information content (AvgIpc) is 3.11. The van der Waals surface area contributed by atoms with Gasteiger partial charge in [-0.3, -0.25) is 9.59 Å². The number of ketones is 2. The van der Waals surface area contributed by atoms with E-state index in [-0.39, 0.29) is 43.5 Å². The van der Waals surface area contributed by atoms with Crippen LogP contribution < -0.4 is 0 Å². The quantitative estimate of drug-likeness (QED) is 0.666. The summed E-state index contributed by atoms with van der Waals surface area (Å²) in [7, 11) is 0. The number of allylic oxidation sites excluding steroid dienone is 1. The molecule has 32 heavy (non-hydrogen) atoms. The van der Waals surface area contributed by atoms with E-state index in [1.165, 1.54) is 6.08 Å². The van der Waals surface area contributed by atoms with Crippen LogP contribution in [-0.2, 0) is 19.1 Å². The summed E-state index contributed by atoms with van der Waals surface area (Å²) in [5, 5.41) is 21.2. The molecule has 0 spiro atoms. The van der Waals surface area contributed by atoms with Crippen molar-refractivity contribution in [1.82, 2.24) is 0 Å². The summed E-state index contributed by atoms with van der Waals surface area (Å²) in [4.78, 5) is 25.2. The lowest BCUT2D eigenvalue weighted by molar-refractivity contribution is -0.254. The van der Waals surface area contributed by atoms with E-state index in [1.54, 1.807) is 27.7 Å². The molecular weight excluding hydrogens is 422 g/mol. The van der Waals surface area contributed by atoms with Crippen molar-refractivity contribution in [2.45, 2.75) is 95.2 Å². The third-order valence-electron chi connectivity index (χ3n) is 9.58. The number of fused-ring (bicyclic) bond motifs is 7. The average molecular weight is 455 g/mol. The van der Waals surface area contributed by atoms with Gasteiger partial charge in [0.15, 0.2) is 23.0 Å². The van der Waals surface area contributed by atoms with Crippen LogP contribution in [0.25, 0.3) is 0 Å². The Morgan fingerprint density at radius 3 is 2.56 bits per heavy atom. The predicted molar refractivity (Wildman–Crippen MR) is 109 cm³/mol. The van der Waals surface area contributed by atoms with Crippen LogP contribution in [0.5, 0.6) is 0 Å². The predicted octanol–water partition coefficient (Wildman–Crippen LogP) is 2.59. The van der Waals surface area contributed by atoms with E-state index >= 15 is 8.78 Å². The van der Waals surface area contributed by atoms with Gasteiger partial charge in [-0.2, -0.15) is 0 Å². The zero-order valence-electron chi connectivity index (χ0n) is 19.0. The Labute approximate surface area is 186 Å². The summed E-state index contributed by atoms with van der Waals surface area (Å²) in [6, 6.07) is 0. The lowest BCUT2D eigenvalue weighted by Crippen LogP contribution is -2.71. The summed E-state index contributed by atoms with van der Waals surface area (Å²) >= 11 is 0. The molecular formula is C24H32F2O6. The number of hydrogen-bond acceptors (Lipinski definition) is 6. The molecule has 3 saturated carbocycles. The summed E-state index contributed by atoms with van der Waals surface area (Å²) in [6.07, 6.45) is -2.23. The number of aliphatic hydroxyl groups excluding tert-OH is 2. The van der Waals surface area contributed by atoms with Gasteiger partial charge in [-0.15, -0.1) is 0 Å². The van der Waals surface area contributed by atoms with Gasteiger partial charge in [-0.05, 0) is 57.1 Å². The Bertz CT molecular complexity index is 918. The van der Waals surface area contributed by atoms with Gasteiger partial charge >= 0.3 is 0 Å². The van der Waals surface area contributed by atoms with Crippen molar-refractivity contribution in [2.75, 3.05) is 6.61 Å². The first kappa shape index (κ1) is 22.6. The van der Waals surface area contributed by atoms with Crippen LogP contribution in [0.3, 0.4) is 0 Å². The highest BCUT2D eigenvalue weighted by Gasteiger charge is 2.80. The number of halogens is 2. The first-order chi connectivity index (χ1) is 14.8. The highest BCUT2D eigenvalue weighted by Crippen LogP contribution is 2.73. The number of aliphatic hydroxyl groups is 2. The van der Waals surface area contributed by atoms with Crippen molar-refractivity contribution in [3.8, 4) is 0 Å². The van der Waals surface area contributed by atoms with Crippen LogP contribution in [0, 0.1) is 22.7 Å². The van der Waals surface area contributed by atoms with Crippen molar-refractivity contribution in [3.05, 3.63) is 11.6 Å². The monoisotopic (exact) mass is 454 g/mol. The van der Waals surface area contributed by atoms with Crippen LogP contribution in [0.1, 0.15) is 59.8 Å². The summed E-state index contributed by atoms with van der Waals surface area (Å²) < 4.78 is 44.9. The molecule has 0 aromatic heterocycles. The Kier molecular flexibility index (Phi) is 4.56. The molecule has 0 aromatic rings. The van der Waals surface area contributed by atoms with Gasteiger partial charge in [-0.1, -0.05) is 13.8 Å². The first-order valence-electron chi connectivity index (χ1n) is 11.5. The molecule has 1 aliphatic heterocycles. The second-order valence-electron chi connectivity index (χ2n) is 11.4. The Morgan fingerprint density at radius 2 is 1.91 bits per heavy atom. The number of ether oxygens (including phenoxy) is 2. The minimum Gasteiger partial charge on any atom is -0.390 e. The SMILES string of the molecule is CC1(C)O[C@@H]2CC3C4C[C@H](F)C5=CC(=O)CCC5(C)[C@@]4(F)C(O)CC3(C)[C@]2(C(=O)CO)O1. The Balaban J connectivity index is 1.65. The molecule has 2 N–H and O–H groups in total. The van der Waals surface area contributed by atoms with Crippen molar-refractivity contribution in [2.24, 2.45) is 22.7 Å². The molecule has 0 aromatic carbocycles. The van der Waals surface area contributed by atoms with Crippen LogP contribution in [0.4, 0.5) is 8.78 Å². The van der Waals surface area contributed by atoms with Crippen LogP contribution in [-0.4, -0.2) is 63.8 Å². The van der Waals surface area contributed by atoms with E-state index in [9.17, 15) is 19.8 Å². The highest BCUT2D eigenvalue weighted by molar-refractivity contribution is 5.92. The second-order valence-corrected chi connectivity index (χ2v) is 11.4. The maximum atomic E-state index is 17.2.